The van der Waals surface area contributed by atoms with Crippen molar-refractivity contribution in [2.75, 3.05) is 37.7 Å². The maximum atomic E-state index is 12.1. The number of aryl methyl sites for hydroxylation is 1. The van der Waals surface area contributed by atoms with Gasteiger partial charge in [0.25, 0.3) is 0 Å². The fourth-order valence-electron chi connectivity index (χ4n) is 4.98. The first-order valence-corrected chi connectivity index (χ1v) is 14.2. The molecule has 0 amide bonds. The summed E-state index contributed by atoms with van der Waals surface area (Å²) in [5, 5.41) is 3.46. The van der Waals surface area contributed by atoms with Crippen LogP contribution in [-0.4, -0.2) is 38.8 Å². The van der Waals surface area contributed by atoms with E-state index in [0.29, 0.717) is 12.2 Å². The third kappa shape index (κ3) is 7.26. The first-order valence-electron chi connectivity index (χ1n) is 14.2. The number of carbonyl (C=O) groups is 1. The van der Waals surface area contributed by atoms with Crippen molar-refractivity contribution < 1.29 is 9.53 Å². The van der Waals surface area contributed by atoms with Crippen LogP contribution in [-0.2, 0) is 16.6 Å². The van der Waals surface area contributed by atoms with Gasteiger partial charge in [0.2, 0.25) is 0 Å². The molecule has 38 heavy (non-hydrogen) atoms. The molecule has 0 saturated heterocycles. The Kier molecular flexibility index (Phi) is 10.6. The first kappa shape index (κ1) is 29.4. The van der Waals surface area contributed by atoms with Gasteiger partial charge in [0, 0.05) is 18.8 Å². The van der Waals surface area contributed by atoms with Gasteiger partial charge in [-0.1, -0.05) is 58.0 Å². The SMILES string of the molecule is CCNCCCc1ccc(-c2ccc(C(=O)OCC)cc2)cc1-c1ccc(N(CC)CC)c(C(C)(C)C)c1. The van der Waals surface area contributed by atoms with Crippen LogP contribution in [0.1, 0.15) is 76.4 Å². The largest absolute Gasteiger partial charge is 0.462 e. The van der Waals surface area contributed by atoms with E-state index in [1.807, 2.05) is 31.2 Å². The van der Waals surface area contributed by atoms with E-state index in [1.165, 1.54) is 27.9 Å². The smallest absolute Gasteiger partial charge is 0.338 e. The summed E-state index contributed by atoms with van der Waals surface area (Å²) < 4.78 is 5.15. The van der Waals surface area contributed by atoms with E-state index in [0.717, 1.165) is 50.1 Å². The van der Waals surface area contributed by atoms with Crippen LogP contribution >= 0.6 is 0 Å². The molecule has 3 aromatic rings. The average molecular weight is 515 g/mol. The summed E-state index contributed by atoms with van der Waals surface area (Å²) >= 11 is 0. The molecule has 0 fully saturated rings. The van der Waals surface area contributed by atoms with Gasteiger partial charge in [-0.05, 0) is 116 Å². The molecule has 3 rings (SSSR count). The molecule has 0 heterocycles. The van der Waals surface area contributed by atoms with Crippen LogP contribution in [0, 0.1) is 0 Å². The third-order valence-corrected chi connectivity index (χ3v) is 7.11. The van der Waals surface area contributed by atoms with Crippen LogP contribution in [0.5, 0.6) is 0 Å². The third-order valence-electron chi connectivity index (χ3n) is 7.11. The van der Waals surface area contributed by atoms with Crippen LogP contribution in [0.3, 0.4) is 0 Å². The highest BCUT2D eigenvalue weighted by Crippen LogP contribution is 2.38. The number of rotatable bonds is 12. The molecule has 0 bridgehead atoms. The molecule has 3 aromatic carbocycles. The Morgan fingerprint density at radius 2 is 1.50 bits per heavy atom. The number of benzene rings is 3. The molecule has 0 radical (unpaired) electrons. The molecule has 1 N–H and O–H groups in total. The highest BCUT2D eigenvalue weighted by molar-refractivity contribution is 5.90. The van der Waals surface area contributed by atoms with E-state index < -0.39 is 0 Å². The highest BCUT2D eigenvalue weighted by Gasteiger charge is 2.22. The lowest BCUT2D eigenvalue weighted by molar-refractivity contribution is 0.0526. The maximum absolute atomic E-state index is 12.1. The van der Waals surface area contributed by atoms with Crippen molar-refractivity contribution in [2.24, 2.45) is 0 Å². The van der Waals surface area contributed by atoms with Gasteiger partial charge in [-0.15, -0.1) is 0 Å². The lowest BCUT2D eigenvalue weighted by Gasteiger charge is -2.31. The molecule has 0 saturated carbocycles. The van der Waals surface area contributed by atoms with Gasteiger partial charge >= 0.3 is 5.97 Å². The van der Waals surface area contributed by atoms with Gasteiger partial charge in [0.1, 0.15) is 0 Å². The Bertz CT molecular complexity index is 1190. The van der Waals surface area contributed by atoms with Crippen molar-refractivity contribution in [2.45, 2.75) is 66.7 Å². The van der Waals surface area contributed by atoms with Crippen LogP contribution in [0.4, 0.5) is 5.69 Å². The molecule has 0 atom stereocenters. The quantitative estimate of drug-likeness (QED) is 0.197. The molecular weight excluding hydrogens is 468 g/mol. The molecule has 0 aromatic heterocycles. The Morgan fingerprint density at radius 3 is 2.11 bits per heavy atom. The van der Waals surface area contributed by atoms with E-state index in [2.05, 4.69) is 88.2 Å². The number of nitrogens with zero attached hydrogens (tertiary/aromatic N) is 1. The predicted molar refractivity (Wildman–Crippen MR) is 162 cm³/mol. The second kappa shape index (κ2) is 13.6. The van der Waals surface area contributed by atoms with E-state index >= 15 is 0 Å². The summed E-state index contributed by atoms with van der Waals surface area (Å²) in [4.78, 5) is 14.6. The fourth-order valence-corrected chi connectivity index (χ4v) is 4.98. The summed E-state index contributed by atoms with van der Waals surface area (Å²) in [6, 6.07) is 21.6. The van der Waals surface area contributed by atoms with E-state index in [-0.39, 0.29) is 11.4 Å². The van der Waals surface area contributed by atoms with Crippen molar-refractivity contribution in [1.82, 2.24) is 5.32 Å². The minimum atomic E-state index is -0.279. The van der Waals surface area contributed by atoms with Gasteiger partial charge in [0.05, 0.1) is 12.2 Å². The number of hydrogen-bond acceptors (Lipinski definition) is 4. The Morgan fingerprint density at radius 1 is 0.842 bits per heavy atom. The van der Waals surface area contributed by atoms with E-state index in [9.17, 15) is 4.79 Å². The van der Waals surface area contributed by atoms with Gasteiger partial charge < -0.3 is 15.0 Å². The summed E-state index contributed by atoms with van der Waals surface area (Å²) in [5.74, 6) is -0.279. The summed E-state index contributed by atoms with van der Waals surface area (Å²) in [6.45, 7) is 19.7. The minimum absolute atomic E-state index is 0.0275. The highest BCUT2D eigenvalue weighted by atomic mass is 16.5. The number of ether oxygens (including phenoxy) is 1. The molecule has 0 spiro atoms. The molecule has 4 nitrogen and oxygen atoms in total. The second-order valence-corrected chi connectivity index (χ2v) is 10.8. The molecule has 0 aliphatic rings. The second-order valence-electron chi connectivity index (χ2n) is 10.8. The summed E-state index contributed by atoms with van der Waals surface area (Å²) in [7, 11) is 0. The number of nitrogens with one attached hydrogen (secondary N) is 1. The summed E-state index contributed by atoms with van der Waals surface area (Å²) in [6.07, 6.45) is 2.12. The monoisotopic (exact) mass is 514 g/mol. The van der Waals surface area contributed by atoms with Crippen molar-refractivity contribution in [1.29, 1.82) is 0 Å². The number of carbonyl (C=O) groups excluding carboxylic acids is 1. The number of anilines is 1. The van der Waals surface area contributed by atoms with E-state index in [1.54, 1.807) is 0 Å². The van der Waals surface area contributed by atoms with Crippen molar-refractivity contribution >= 4 is 11.7 Å². The standard InChI is InChI=1S/C34H46N2O2/c1-8-35-22-12-13-26-16-19-28(25-14-17-27(18-15-25)33(37)38-11-4)23-30(26)29-20-21-32(36(9-2)10-3)31(24-29)34(5,6)7/h14-21,23-24,35H,8-13,22H2,1-7H3. The molecule has 0 aliphatic heterocycles. The minimum Gasteiger partial charge on any atom is -0.462 e. The van der Waals surface area contributed by atoms with Crippen molar-refractivity contribution in [3.8, 4) is 22.3 Å². The average Bonchev–Trinajstić information content (AvgIpc) is 2.91. The predicted octanol–water partition coefficient (Wildman–Crippen LogP) is 7.88. The maximum Gasteiger partial charge on any atom is 0.338 e. The molecule has 204 valence electrons. The van der Waals surface area contributed by atoms with Crippen LogP contribution < -0.4 is 10.2 Å². The van der Waals surface area contributed by atoms with Crippen LogP contribution in [0.2, 0.25) is 0 Å². The Labute approximate surface area is 230 Å². The van der Waals surface area contributed by atoms with Crippen molar-refractivity contribution in [3.05, 3.63) is 77.4 Å². The lowest BCUT2D eigenvalue weighted by Crippen LogP contribution is -2.26. The van der Waals surface area contributed by atoms with Gasteiger partial charge in [-0.25, -0.2) is 4.79 Å². The number of hydrogen-bond donors (Lipinski definition) is 1. The lowest BCUT2D eigenvalue weighted by atomic mass is 9.82. The molecule has 0 aliphatic carbocycles. The topological polar surface area (TPSA) is 41.6 Å². The Balaban J connectivity index is 2.08. The summed E-state index contributed by atoms with van der Waals surface area (Å²) in [5.41, 5.74) is 9.46. The molecule has 0 unspecified atom stereocenters. The fraction of sp³-hybridized carbons (Fsp3) is 0.441. The van der Waals surface area contributed by atoms with Crippen LogP contribution in [0.15, 0.2) is 60.7 Å². The normalized spacial score (nSPS) is 11.4. The van der Waals surface area contributed by atoms with Gasteiger partial charge in [-0.2, -0.15) is 0 Å². The zero-order valence-electron chi connectivity index (χ0n) is 24.5. The van der Waals surface area contributed by atoms with Crippen LogP contribution in [0.25, 0.3) is 22.3 Å². The number of esters is 1. The molecular formula is C34H46N2O2. The van der Waals surface area contributed by atoms with Gasteiger partial charge in [0.15, 0.2) is 0 Å². The zero-order chi connectivity index (χ0) is 27.7. The zero-order valence-corrected chi connectivity index (χ0v) is 24.5. The molecule has 4 heteroatoms. The Hall–Kier alpha value is -3.11. The van der Waals surface area contributed by atoms with Crippen molar-refractivity contribution in [3.63, 3.8) is 0 Å². The van der Waals surface area contributed by atoms with E-state index in [4.69, 9.17) is 4.74 Å². The first-order chi connectivity index (χ1) is 18.2. The van der Waals surface area contributed by atoms with Gasteiger partial charge in [-0.3, -0.25) is 0 Å².